The molecule has 4 aromatic rings. The molecule has 0 saturated heterocycles. The lowest BCUT2D eigenvalue weighted by Gasteiger charge is -2.28. The first-order valence-corrected chi connectivity index (χ1v) is 13.0. The van der Waals surface area contributed by atoms with Gasteiger partial charge in [-0.2, -0.15) is 4.31 Å². The molecule has 0 saturated carbocycles. The number of carbonyl (C=O) groups excluding carboxylic acids is 1. The van der Waals surface area contributed by atoms with Crippen LogP contribution in [0.5, 0.6) is 0 Å². The summed E-state index contributed by atoms with van der Waals surface area (Å²) in [5.74, 6) is 0.129. The van der Waals surface area contributed by atoms with Crippen molar-refractivity contribution in [1.29, 1.82) is 0 Å². The molecular formula is C24H24N8O4S. The molecule has 1 amide bonds. The van der Waals surface area contributed by atoms with Gasteiger partial charge in [-0.15, -0.1) is 5.10 Å². The molecule has 4 heterocycles. The zero-order valence-electron chi connectivity index (χ0n) is 19.9. The summed E-state index contributed by atoms with van der Waals surface area (Å²) in [4.78, 5) is 21.9. The number of anilines is 1. The fraction of sp³-hybridized carbons (Fsp3) is 0.250. The summed E-state index contributed by atoms with van der Waals surface area (Å²) in [6.45, 7) is 2.10. The van der Waals surface area contributed by atoms with Crippen molar-refractivity contribution in [3.05, 3.63) is 77.6 Å². The van der Waals surface area contributed by atoms with Gasteiger partial charge in [0, 0.05) is 19.3 Å². The Hall–Kier alpha value is -4.07. The van der Waals surface area contributed by atoms with E-state index in [1.807, 2.05) is 0 Å². The van der Waals surface area contributed by atoms with Gasteiger partial charge in [-0.25, -0.2) is 18.1 Å². The zero-order valence-corrected chi connectivity index (χ0v) is 20.7. The maximum absolute atomic E-state index is 13.1. The first-order valence-electron chi connectivity index (χ1n) is 11.6. The predicted octanol–water partition coefficient (Wildman–Crippen LogP) is 1.68. The van der Waals surface area contributed by atoms with Crippen LogP contribution >= 0.6 is 0 Å². The van der Waals surface area contributed by atoms with Gasteiger partial charge in [-0.3, -0.25) is 9.78 Å². The van der Waals surface area contributed by atoms with Crippen LogP contribution in [0.4, 0.5) is 5.82 Å². The van der Waals surface area contributed by atoms with E-state index in [-0.39, 0.29) is 35.6 Å². The van der Waals surface area contributed by atoms with Crippen LogP contribution in [-0.4, -0.2) is 67.1 Å². The van der Waals surface area contributed by atoms with Crippen LogP contribution in [0.15, 0.2) is 65.7 Å². The fourth-order valence-electron chi connectivity index (χ4n) is 4.03. The van der Waals surface area contributed by atoms with E-state index in [9.17, 15) is 18.3 Å². The molecule has 0 radical (unpaired) electrons. The highest BCUT2D eigenvalue weighted by Gasteiger charge is 2.29. The molecule has 0 unspecified atom stereocenters. The molecule has 0 fully saturated rings. The third-order valence-electron chi connectivity index (χ3n) is 6.07. The van der Waals surface area contributed by atoms with Crippen LogP contribution in [0.1, 0.15) is 34.6 Å². The number of aliphatic hydroxyl groups is 1. The molecule has 2 N–H and O–H groups in total. The van der Waals surface area contributed by atoms with E-state index < -0.39 is 15.9 Å². The number of tetrazole rings is 1. The number of hydrogen-bond acceptors (Lipinski definition) is 9. The molecule has 0 spiro atoms. The standard InChI is InChI=1S/C24H24N8O4S/c1-16(15-33)32-23(28-29-30-32)20-8-5-9-22(26-20)27-24(34)21-12-18-14-31(11-10-17(18)13-25-21)37(35,36)19-6-3-2-4-7-19/h2-9,12-13,16,33H,10-11,14-15H2,1H3,(H,26,27,34)/t16-/m1/s1. The van der Waals surface area contributed by atoms with Gasteiger partial charge in [0.2, 0.25) is 15.8 Å². The third-order valence-corrected chi connectivity index (χ3v) is 7.93. The van der Waals surface area contributed by atoms with Crippen molar-refractivity contribution in [3.8, 4) is 11.5 Å². The molecule has 1 aliphatic heterocycles. The number of hydrogen-bond donors (Lipinski definition) is 2. The van der Waals surface area contributed by atoms with E-state index in [0.717, 1.165) is 11.1 Å². The van der Waals surface area contributed by atoms with E-state index in [2.05, 4.69) is 30.8 Å². The quantitative estimate of drug-likeness (QED) is 0.370. The molecule has 13 heteroatoms. The number of rotatable bonds is 7. The number of amides is 1. The number of fused-ring (bicyclic) bond motifs is 1. The van der Waals surface area contributed by atoms with Gasteiger partial charge >= 0.3 is 0 Å². The summed E-state index contributed by atoms with van der Waals surface area (Å²) < 4.78 is 29.0. The first kappa shape index (κ1) is 24.6. The molecule has 0 bridgehead atoms. The van der Waals surface area contributed by atoms with Crippen molar-refractivity contribution < 1.29 is 18.3 Å². The maximum Gasteiger partial charge on any atom is 0.275 e. The highest BCUT2D eigenvalue weighted by molar-refractivity contribution is 7.89. The fourth-order valence-corrected chi connectivity index (χ4v) is 5.47. The van der Waals surface area contributed by atoms with Crippen molar-refractivity contribution in [2.24, 2.45) is 0 Å². The van der Waals surface area contributed by atoms with Gasteiger partial charge in [-0.05, 0) is 65.2 Å². The normalized spacial score (nSPS) is 14.6. The maximum atomic E-state index is 13.1. The molecule has 37 heavy (non-hydrogen) atoms. The zero-order chi connectivity index (χ0) is 26.0. The van der Waals surface area contributed by atoms with Crippen LogP contribution in [-0.2, 0) is 23.0 Å². The van der Waals surface area contributed by atoms with Gasteiger partial charge in [0.15, 0.2) is 0 Å². The second kappa shape index (κ2) is 10.1. The minimum Gasteiger partial charge on any atom is -0.394 e. The first-order chi connectivity index (χ1) is 17.9. The number of nitrogens with one attached hydrogen (secondary N) is 1. The number of sulfonamides is 1. The Morgan fingerprint density at radius 3 is 2.73 bits per heavy atom. The molecule has 190 valence electrons. The number of benzene rings is 1. The largest absolute Gasteiger partial charge is 0.394 e. The van der Waals surface area contributed by atoms with Gasteiger partial charge in [0.1, 0.15) is 17.2 Å². The van der Waals surface area contributed by atoms with Crippen LogP contribution < -0.4 is 5.32 Å². The van der Waals surface area contributed by atoms with Crippen LogP contribution in [0, 0.1) is 0 Å². The van der Waals surface area contributed by atoms with E-state index >= 15 is 0 Å². The summed E-state index contributed by atoms with van der Waals surface area (Å²) in [6, 6.07) is 14.6. The van der Waals surface area contributed by atoms with Crippen LogP contribution in [0.3, 0.4) is 0 Å². The Bertz CT molecular complexity index is 1540. The monoisotopic (exact) mass is 520 g/mol. The average Bonchev–Trinajstić information content (AvgIpc) is 3.43. The lowest BCUT2D eigenvalue weighted by atomic mass is 10.0. The summed E-state index contributed by atoms with van der Waals surface area (Å²) >= 11 is 0. The van der Waals surface area contributed by atoms with Gasteiger partial charge in [-0.1, -0.05) is 24.3 Å². The van der Waals surface area contributed by atoms with E-state index in [1.54, 1.807) is 67.7 Å². The highest BCUT2D eigenvalue weighted by atomic mass is 32.2. The van der Waals surface area contributed by atoms with Gasteiger partial charge in [0.25, 0.3) is 5.91 Å². The third kappa shape index (κ3) is 4.96. The molecule has 0 aliphatic carbocycles. The van der Waals surface area contributed by atoms with Crippen molar-refractivity contribution in [1.82, 2.24) is 34.5 Å². The van der Waals surface area contributed by atoms with Crippen molar-refractivity contribution in [2.75, 3.05) is 18.5 Å². The Morgan fingerprint density at radius 1 is 1.14 bits per heavy atom. The Labute approximate surface area is 213 Å². The molecular weight excluding hydrogens is 496 g/mol. The minimum atomic E-state index is -3.66. The highest BCUT2D eigenvalue weighted by Crippen LogP contribution is 2.25. The topological polar surface area (TPSA) is 156 Å². The molecule has 3 aromatic heterocycles. The van der Waals surface area contributed by atoms with Crippen molar-refractivity contribution in [3.63, 3.8) is 0 Å². The van der Waals surface area contributed by atoms with E-state index in [4.69, 9.17) is 0 Å². The number of nitrogens with zero attached hydrogens (tertiary/aromatic N) is 7. The number of aromatic nitrogens is 6. The lowest BCUT2D eigenvalue weighted by Crippen LogP contribution is -2.36. The summed E-state index contributed by atoms with van der Waals surface area (Å²) in [7, 11) is -3.66. The smallest absolute Gasteiger partial charge is 0.275 e. The average molecular weight is 521 g/mol. The molecule has 12 nitrogen and oxygen atoms in total. The van der Waals surface area contributed by atoms with Crippen molar-refractivity contribution >= 4 is 21.7 Å². The van der Waals surface area contributed by atoms with Crippen molar-refractivity contribution in [2.45, 2.75) is 30.8 Å². The van der Waals surface area contributed by atoms with E-state index in [1.165, 1.54) is 8.99 Å². The molecule has 1 aromatic carbocycles. The second-order valence-electron chi connectivity index (χ2n) is 8.58. The summed E-state index contributed by atoms with van der Waals surface area (Å²) in [6.07, 6.45) is 2.12. The summed E-state index contributed by atoms with van der Waals surface area (Å²) in [5, 5.41) is 23.7. The van der Waals surface area contributed by atoms with Gasteiger partial charge in [0.05, 0.1) is 17.5 Å². The predicted molar refractivity (Wildman–Crippen MR) is 133 cm³/mol. The Morgan fingerprint density at radius 2 is 1.95 bits per heavy atom. The lowest BCUT2D eigenvalue weighted by molar-refractivity contribution is 0.102. The number of pyridine rings is 2. The van der Waals surface area contributed by atoms with Crippen LogP contribution in [0.2, 0.25) is 0 Å². The van der Waals surface area contributed by atoms with Gasteiger partial charge < -0.3 is 10.4 Å². The second-order valence-corrected chi connectivity index (χ2v) is 10.5. The molecule has 5 rings (SSSR count). The minimum absolute atomic E-state index is 0.142. The molecule has 1 aliphatic rings. The van der Waals surface area contributed by atoms with E-state index in [0.29, 0.717) is 24.5 Å². The SMILES string of the molecule is C[C@H](CO)n1nnnc1-c1cccc(NC(=O)c2cc3c(cn2)CCN(S(=O)(=O)c2ccccc2)C3)n1. The Kier molecular flexibility index (Phi) is 6.74. The Balaban J connectivity index is 1.35. The van der Waals surface area contributed by atoms with Crippen LogP contribution in [0.25, 0.3) is 11.5 Å². The molecule has 1 atom stereocenters. The number of aliphatic hydroxyl groups excluding tert-OH is 1. The summed E-state index contributed by atoms with van der Waals surface area (Å²) in [5.41, 5.74) is 2.19. The number of carbonyl (C=O) groups is 1.